The van der Waals surface area contributed by atoms with Gasteiger partial charge in [-0.15, -0.1) is 0 Å². The van der Waals surface area contributed by atoms with Gasteiger partial charge in [0.05, 0.1) is 22.9 Å². The second-order valence-corrected chi connectivity index (χ2v) is 6.09. The molecule has 4 aromatic rings. The number of aryl methyl sites for hydroxylation is 2. The first-order valence-corrected chi connectivity index (χ1v) is 8.34. The van der Waals surface area contributed by atoms with Crippen molar-refractivity contribution in [3.05, 3.63) is 65.7 Å². The number of benzene rings is 2. The van der Waals surface area contributed by atoms with Gasteiger partial charge in [-0.1, -0.05) is 22.4 Å². The van der Waals surface area contributed by atoms with Gasteiger partial charge in [0.1, 0.15) is 23.7 Å². The molecule has 0 radical (unpaired) electrons. The van der Waals surface area contributed by atoms with Crippen LogP contribution in [0, 0.1) is 6.92 Å². The number of fused-ring (bicyclic) bond motifs is 1. The Kier molecular flexibility index (Phi) is 4.29. The molecule has 0 saturated heterocycles. The first-order chi connectivity index (χ1) is 13.1. The zero-order valence-corrected chi connectivity index (χ0v) is 14.8. The summed E-state index contributed by atoms with van der Waals surface area (Å²) < 4.78 is 12.3. The second-order valence-electron chi connectivity index (χ2n) is 6.09. The van der Waals surface area contributed by atoms with Crippen LogP contribution in [0.4, 0.5) is 5.69 Å². The molecule has 0 aliphatic heterocycles. The highest BCUT2D eigenvalue weighted by Crippen LogP contribution is 2.23. The molecule has 0 saturated carbocycles. The van der Waals surface area contributed by atoms with Crippen molar-refractivity contribution in [1.29, 1.82) is 0 Å². The van der Waals surface area contributed by atoms with Crippen LogP contribution in [0.3, 0.4) is 0 Å². The maximum absolute atomic E-state index is 12.8. The minimum Gasteiger partial charge on any atom is -0.486 e. The normalized spacial score (nSPS) is 10.9. The molecule has 4 rings (SSSR count). The highest BCUT2D eigenvalue weighted by Gasteiger charge is 2.14. The summed E-state index contributed by atoms with van der Waals surface area (Å²) in [6.07, 6.45) is 1.74. The van der Waals surface area contributed by atoms with Crippen LogP contribution in [0.5, 0.6) is 5.75 Å². The number of ether oxygens (including phenoxy) is 1. The molecule has 0 unspecified atom stereocenters. The molecule has 136 valence electrons. The third-order valence-corrected chi connectivity index (χ3v) is 4.23. The summed E-state index contributed by atoms with van der Waals surface area (Å²) >= 11 is 0. The molecule has 2 aromatic carbocycles. The first kappa shape index (κ1) is 16.8. The predicted octanol–water partition coefficient (Wildman–Crippen LogP) is 3.10. The van der Waals surface area contributed by atoms with E-state index in [1.54, 1.807) is 31.5 Å². The van der Waals surface area contributed by atoms with E-state index < -0.39 is 0 Å². The van der Waals surface area contributed by atoms with E-state index in [9.17, 15) is 4.79 Å². The number of carbonyl (C=O) groups excluding carboxylic acids is 1. The molecule has 0 fully saturated rings. The number of aromatic nitrogens is 4. The molecule has 0 spiro atoms. The van der Waals surface area contributed by atoms with E-state index in [0.717, 1.165) is 11.0 Å². The fourth-order valence-corrected chi connectivity index (χ4v) is 2.71. The minimum absolute atomic E-state index is 0.167. The average molecular weight is 363 g/mol. The van der Waals surface area contributed by atoms with E-state index in [1.807, 2.05) is 35.9 Å². The summed E-state index contributed by atoms with van der Waals surface area (Å²) in [6, 6.07) is 12.6. The van der Waals surface area contributed by atoms with Crippen LogP contribution in [0.2, 0.25) is 0 Å². The molecule has 2 heterocycles. The van der Waals surface area contributed by atoms with Crippen LogP contribution in [0.15, 0.2) is 53.4 Å². The minimum atomic E-state index is -0.262. The van der Waals surface area contributed by atoms with Gasteiger partial charge in [0.15, 0.2) is 0 Å². The standard InChI is InChI=1S/C19H17N5O3/c1-12-16(23-27-22-12)10-26-18-6-4-3-5-14(18)19(25)21-13-7-8-15-17(9-13)24(2)11-20-15/h3-9,11H,10H2,1-2H3,(H,21,25). The highest BCUT2D eigenvalue weighted by atomic mass is 16.6. The Morgan fingerprint density at radius 2 is 2.07 bits per heavy atom. The van der Waals surface area contributed by atoms with Gasteiger partial charge in [0.2, 0.25) is 0 Å². The fourth-order valence-electron chi connectivity index (χ4n) is 2.71. The molecule has 8 nitrogen and oxygen atoms in total. The smallest absolute Gasteiger partial charge is 0.259 e. The maximum atomic E-state index is 12.8. The van der Waals surface area contributed by atoms with Gasteiger partial charge < -0.3 is 14.6 Å². The Balaban J connectivity index is 1.54. The Hall–Kier alpha value is -3.68. The maximum Gasteiger partial charge on any atom is 0.259 e. The number of anilines is 1. The van der Waals surface area contributed by atoms with E-state index in [-0.39, 0.29) is 12.5 Å². The van der Waals surface area contributed by atoms with Gasteiger partial charge in [0.25, 0.3) is 5.91 Å². The van der Waals surface area contributed by atoms with Crippen molar-refractivity contribution in [1.82, 2.24) is 19.9 Å². The van der Waals surface area contributed by atoms with Crippen molar-refractivity contribution in [2.75, 3.05) is 5.32 Å². The Morgan fingerprint density at radius 1 is 1.22 bits per heavy atom. The lowest BCUT2D eigenvalue weighted by molar-refractivity contribution is 0.102. The van der Waals surface area contributed by atoms with Crippen molar-refractivity contribution in [2.24, 2.45) is 7.05 Å². The van der Waals surface area contributed by atoms with Crippen molar-refractivity contribution >= 4 is 22.6 Å². The lowest BCUT2D eigenvalue weighted by Crippen LogP contribution is -2.14. The largest absolute Gasteiger partial charge is 0.486 e. The summed E-state index contributed by atoms with van der Waals surface area (Å²) in [5.41, 5.74) is 4.16. The molecule has 0 atom stereocenters. The van der Waals surface area contributed by atoms with Crippen LogP contribution in [-0.4, -0.2) is 25.8 Å². The fraction of sp³-hybridized carbons (Fsp3) is 0.158. The van der Waals surface area contributed by atoms with E-state index in [0.29, 0.717) is 28.4 Å². The quantitative estimate of drug-likeness (QED) is 0.585. The monoisotopic (exact) mass is 363 g/mol. The van der Waals surface area contributed by atoms with Gasteiger partial charge in [-0.05, 0) is 37.3 Å². The molecule has 0 aliphatic carbocycles. The van der Waals surface area contributed by atoms with Gasteiger partial charge in [-0.2, -0.15) is 0 Å². The van der Waals surface area contributed by atoms with E-state index in [1.165, 1.54) is 0 Å². The van der Waals surface area contributed by atoms with Gasteiger partial charge in [-0.25, -0.2) is 9.61 Å². The summed E-state index contributed by atoms with van der Waals surface area (Å²) in [7, 11) is 1.91. The van der Waals surface area contributed by atoms with Crippen LogP contribution < -0.4 is 10.1 Å². The molecular formula is C19H17N5O3. The topological polar surface area (TPSA) is 95.1 Å². The average Bonchev–Trinajstić information content (AvgIpc) is 3.26. The lowest BCUT2D eigenvalue weighted by atomic mass is 10.1. The SMILES string of the molecule is Cc1nonc1COc1ccccc1C(=O)Nc1ccc2ncn(C)c2c1. The van der Waals surface area contributed by atoms with Gasteiger partial charge in [0, 0.05) is 12.7 Å². The van der Waals surface area contributed by atoms with Crippen LogP contribution in [0.1, 0.15) is 21.7 Å². The zero-order valence-electron chi connectivity index (χ0n) is 14.8. The number of amides is 1. The molecular weight excluding hydrogens is 346 g/mol. The molecule has 2 aromatic heterocycles. The van der Waals surface area contributed by atoms with Crippen LogP contribution in [0.25, 0.3) is 11.0 Å². The van der Waals surface area contributed by atoms with E-state index in [4.69, 9.17) is 4.74 Å². The summed E-state index contributed by atoms with van der Waals surface area (Å²) in [6.45, 7) is 1.95. The van der Waals surface area contributed by atoms with Crippen molar-refractivity contribution in [2.45, 2.75) is 13.5 Å². The van der Waals surface area contributed by atoms with Crippen molar-refractivity contribution in [3.8, 4) is 5.75 Å². The van der Waals surface area contributed by atoms with Crippen LogP contribution >= 0.6 is 0 Å². The molecule has 8 heteroatoms. The van der Waals surface area contributed by atoms with E-state index >= 15 is 0 Å². The number of nitrogens with one attached hydrogen (secondary N) is 1. The summed E-state index contributed by atoms with van der Waals surface area (Å²) in [5, 5.41) is 10.4. The summed E-state index contributed by atoms with van der Waals surface area (Å²) in [4.78, 5) is 17.0. The molecule has 0 bridgehead atoms. The third kappa shape index (κ3) is 3.37. The number of hydrogen-bond acceptors (Lipinski definition) is 6. The third-order valence-electron chi connectivity index (χ3n) is 4.23. The van der Waals surface area contributed by atoms with Gasteiger partial charge in [-0.3, -0.25) is 4.79 Å². The highest BCUT2D eigenvalue weighted by molar-refractivity contribution is 6.06. The molecule has 27 heavy (non-hydrogen) atoms. The molecule has 1 N–H and O–H groups in total. The number of hydrogen-bond donors (Lipinski definition) is 1. The predicted molar refractivity (Wildman–Crippen MR) is 98.5 cm³/mol. The second kappa shape index (κ2) is 6.91. The van der Waals surface area contributed by atoms with Gasteiger partial charge >= 0.3 is 0 Å². The number of para-hydroxylation sites is 1. The van der Waals surface area contributed by atoms with Crippen LogP contribution in [-0.2, 0) is 13.7 Å². The van der Waals surface area contributed by atoms with E-state index in [2.05, 4.69) is 25.2 Å². The summed E-state index contributed by atoms with van der Waals surface area (Å²) in [5.74, 6) is 0.195. The lowest BCUT2D eigenvalue weighted by Gasteiger charge is -2.11. The number of nitrogens with zero attached hydrogens (tertiary/aromatic N) is 4. The molecule has 0 aliphatic rings. The Bertz CT molecular complexity index is 1120. The van der Waals surface area contributed by atoms with Crippen molar-refractivity contribution in [3.63, 3.8) is 0 Å². The number of imidazole rings is 1. The number of carbonyl (C=O) groups is 1. The Morgan fingerprint density at radius 3 is 2.89 bits per heavy atom. The zero-order chi connectivity index (χ0) is 18.8. The number of rotatable bonds is 5. The van der Waals surface area contributed by atoms with Crippen molar-refractivity contribution < 1.29 is 14.2 Å². The Labute approximate surface area is 154 Å². The molecule has 1 amide bonds. The first-order valence-electron chi connectivity index (χ1n) is 8.34.